The van der Waals surface area contributed by atoms with Crippen molar-refractivity contribution in [1.82, 2.24) is 9.21 Å². The van der Waals surface area contributed by atoms with Crippen LogP contribution in [0.25, 0.3) is 0 Å². The van der Waals surface area contributed by atoms with E-state index < -0.39 is 33.2 Å². The number of aromatic hydroxyl groups is 1. The van der Waals surface area contributed by atoms with Crippen LogP contribution in [0, 0.1) is 5.92 Å². The Morgan fingerprint density at radius 2 is 1.74 bits per heavy atom. The summed E-state index contributed by atoms with van der Waals surface area (Å²) in [7, 11) is -3.77. The summed E-state index contributed by atoms with van der Waals surface area (Å²) in [5.41, 5.74) is 2.26. The van der Waals surface area contributed by atoms with Gasteiger partial charge in [0.1, 0.15) is 11.7 Å². The van der Waals surface area contributed by atoms with E-state index in [1.54, 1.807) is 10.4 Å². The standard InChI is InChI=1S/C37H44N2O6S/c1-25(2)23-39(46(42,43)24-28-12-8-5-9-13-28)30-16-18-37(45-26(3)40)32-22-29-14-15-31(41)34-33(29)36(37,35(30)44-34)19-21-38(32)20-17-27-10-6-4-7-11-27/h4-15,25,30,32,35,41H,16-24H2,1-3H3/t30-,32-,35+,36+,37-/m1/s1. The van der Waals surface area contributed by atoms with Crippen molar-refractivity contribution in [2.75, 3.05) is 19.6 Å². The molecule has 0 amide bonds. The third-order valence-corrected chi connectivity index (χ3v) is 12.7. The predicted octanol–water partition coefficient (Wildman–Crippen LogP) is 5.22. The number of piperidine rings is 1. The molecule has 1 N–H and O–H groups in total. The highest BCUT2D eigenvalue weighted by molar-refractivity contribution is 7.88. The lowest BCUT2D eigenvalue weighted by Gasteiger charge is -2.65. The Bertz CT molecular complexity index is 1710. The zero-order chi connectivity index (χ0) is 32.3. The Morgan fingerprint density at radius 1 is 1.04 bits per heavy atom. The lowest BCUT2D eigenvalue weighted by atomic mass is 9.48. The van der Waals surface area contributed by atoms with Crippen molar-refractivity contribution in [3.63, 3.8) is 0 Å². The number of sulfonamides is 1. The van der Waals surface area contributed by atoms with Crippen LogP contribution in [0.5, 0.6) is 11.5 Å². The van der Waals surface area contributed by atoms with Crippen LogP contribution in [-0.4, -0.2) is 72.1 Å². The van der Waals surface area contributed by atoms with Crippen molar-refractivity contribution in [2.24, 2.45) is 5.92 Å². The van der Waals surface area contributed by atoms with Gasteiger partial charge in [-0.25, -0.2) is 8.42 Å². The Kier molecular flexibility index (Phi) is 7.93. The second-order valence-electron chi connectivity index (χ2n) is 14.0. The fraction of sp³-hybridized carbons (Fsp3) is 0.486. The largest absolute Gasteiger partial charge is 0.504 e. The van der Waals surface area contributed by atoms with Crippen LogP contribution < -0.4 is 4.74 Å². The van der Waals surface area contributed by atoms with Gasteiger partial charge in [0.25, 0.3) is 0 Å². The third kappa shape index (κ3) is 4.93. The Hall–Kier alpha value is -3.40. The summed E-state index contributed by atoms with van der Waals surface area (Å²) in [5.74, 6) is 0.0947. The van der Waals surface area contributed by atoms with Crippen molar-refractivity contribution in [3.8, 4) is 11.5 Å². The van der Waals surface area contributed by atoms with Crippen LogP contribution in [0.2, 0.25) is 0 Å². The van der Waals surface area contributed by atoms with E-state index in [9.17, 15) is 18.3 Å². The van der Waals surface area contributed by atoms with E-state index in [1.165, 1.54) is 12.5 Å². The summed E-state index contributed by atoms with van der Waals surface area (Å²) in [6.07, 6.45) is 2.53. The maximum Gasteiger partial charge on any atom is 0.303 e. The number of carbonyl (C=O) groups excluding carboxylic acids is 1. The van der Waals surface area contributed by atoms with Gasteiger partial charge < -0.3 is 14.6 Å². The van der Waals surface area contributed by atoms with E-state index in [2.05, 4.69) is 29.2 Å². The first kappa shape index (κ1) is 31.2. The second-order valence-corrected chi connectivity index (χ2v) is 15.9. The fourth-order valence-corrected chi connectivity index (χ4v) is 11.1. The average Bonchev–Trinajstić information content (AvgIpc) is 3.37. The van der Waals surface area contributed by atoms with E-state index in [1.807, 2.05) is 56.3 Å². The Labute approximate surface area is 272 Å². The number of carbonyl (C=O) groups is 1. The summed E-state index contributed by atoms with van der Waals surface area (Å²) in [4.78, 5) is 15.5. The molecule has 2 heterocycles. The summed E-state index contributed by atoms with van der Waals surface area (Å²) in [5, 5.41) is 11.2. The number of esters is 1. The molecule has 9 heteroatoms. The lowest BCUT2D eigenvalue weighted by Crippen LogP contribution is -2.79. The van der Waals surface area contributed by atoms with Crippen LogP contribution in [0.1, 0.15) is 62.3 Å². The lowest BCUT2D eigenvalue weighted by molar-refractivity contribution is -0.221. The zero-order valence-electron chi connectivity index (χ0n) is 26.9. The molecule has 1 spiro atoms. The first-order valence-electron chi connectivity index (χ1n) is 16.6. The van der Waals surface area contributed by atoms with Gasteiger partial charge >= 0.3 is 5.97 Å². The van der Waals surface area contributed by atoms with Gasteiger partial charge in [0.2, 0.25) is 10.0 Å². The molecular formula is C37H44N2O6S. The van der Waals surface area contributed by atoms with Crippen LogP contribution in [0.4, 0.5) is 0 Å². The maximum atomic E-state index is 14.4. The molecule has 46 heavy (non-hydrogen) atoms. The number of hydrogen-bond donors (Lipinski definition) is 1. The molecule has 2 fully saturated rings. The van der Waals surface area contributed by atoms with Crippen LogP contribution >= 0.6 is 0 Å². The molecule has 4 aliphatic rings. The summed E-state index contributed by atoms with van der Waals surface area (Å²) >= 11 is 0. The highest BCUT2D eigenvalue weighted by atomic mass is 32.2. The number of hydrogen-bond acceptors (Lipinski definition) is 7. The number of rotatable bonds is 10. The van der Waals surface area contributed by atoms with E-state index >= 15 is 0 Å². The van der Waals surface area contributed by atoms with Gasteiger partial charge in [0.05, 0.1) is 23.3 Å². The molecule has 0 aromatic heterocycles. The Balaban J connectivity index is 1.34. The summed E-state index contributed by atoms with van der Waals surface area (Å²) in [6, 6.07) is 22.8. The minimum Gasteiger partial charge on any atom is -0.504 e. The Morgan fingerprint density at radius 3 is 2.41 bits per heavy atom. The molecule has 0 radical (unpaired) electrons. The van der Waals surface area contributed by atoms with Crippen molar-refractivity contribution in [2.45, 2.75) is 87.8 Å². The maximum absolute atomic E-state index is 14.4. The van der Waals surface area contributed by atoms with Crippen molar-refractivity contribution in [1.29, 1.82) is 0 Å². The van der Waals surface area contributed by atoms with Gasteiger partial charge in [-0.15, -0.1) is 0 Å². The van der Waals surface area contributed by atoms with Gasteiger partial charge in [-0.2, -0.15) is 4.31 Å². The average molecular weight is 645 g/mol. The molecular weight excluding hydrogens is 600 g/mol. The molecule has 1 saturated carbocycles. The predicted molar refractivity (Wildman–Crippen MR) is 176 cm³/mol. The topological polar surface area (TPSA) is 96.4 Å². The molecule has 2 aliphatic heterocycles. The molecule has 2 aliphatic carbocycles. The van der Waals surface area contributed by atoms with Crippen LogP contribution in [0.15, 0.2) is 72.8 Å². The number of ether oxygens (including phenoxy) is 2. The first-order valence-corrected chi connectivity index (χ1v) is 18.2. The minimum absolute atomic E-state index is 0.0468. The monoisotopic (exact) mass is 644 g/mol. The van der Waals surface area contributed by atoms with E-state index in [0.717, 1.165) is 36.2 Å². The van der Waals surface area contributed by atoms with E-state index in [4.69, 9.17) is 9.47 Å². The number of nitrogens with zero attached hydrogens (tertiary/aromatic N) is 2. The minimum atomic E-state index is -3.77. The number of phenolic OH excluding ortho intramolecular Hbond substituents is 1. The van der Waals surface area contributed by atoms with Crippen LogP contribution in [0.3, 0.4) is 0 Å². The summed E-state index contributed by atoms with van der Waals surface area (Å²) < 4.78 is 43.8. The first-order chi connectivity index (χ1) is 22.1. The fourth-order valence-electron chi connectivity index (χ4n) is 9.20. The van der Waals surface area contributed by atoms with Gasteiger partial charge in [-0.1, -0.05) is 80.6 Å². The second kappa shape index (κ2) is 11.7. The summed E-state index contributed by atoms with van der Waals surface area (Å²) in [6.45, 7) is 7.45. The van der Waals surface area contributed by atoms with Gasteiger partial charge in [-0.05, 0) is 67.3 Å². The van der Waals surface area contributed by atoms with Gasteiger partial charge in [-0.3, -0.25) is 9.69 Å². The van der Waals surface area contributed by atoms with Crippen molar-refractivity contribution < 1.29 is 27.8 Å². The zero-order valence-corrected chi connectivity index (χ0v) is 27.7. The molecule has 3 aromatic carbocycles. The normalized spacial score (nSPS) is 28.2. The number of likely N-dealkylation sites (tertiary alicyclic amines) is 1. The number of phenols is 1. The van der Waals surface area contributed by atoms with E-state index in [0.29, 0.717) is 38.0 Å². The molecule has 7 rings (SSSR count). The van der Waals surface area contributed by atoms with Gasteiger partial charge in [0.15, 0.2) is 11.5 Å². The van der Waals surface area contributed by atoms with E-state index in [-0.39, 0.29) is 29.4 Å². The van der Waals surface area contributed by atoms with Gasteiger partial charge in [0, 0.05) is 25.6 Å². The molecule has 2 bridgehead atoms. The van der Waals surface area contributed by atoms with Crippen LogP contribution in [-0.2, 0) is 43.6 Å². The number of benzene rings is 3. The SMILES string of the molecule is CC(=O)O[C@@]12CC[C@@H](N(CC(C)C)S(=O)(=O)Cc3ccccc3)[C@@H]3Oc4c(O)ccc5c4[C@@]31CCN(CCc1ccccc1)[C@@H]2C5. The third-order valence-electron chi connectivity index (χ3n) is 10.8. The molecule has 0 unspecified atom stereocenters. The molecule has 244 valence electrons. The molecule has 8 nitrogen and oxygen atoms in total. The van der Waals surface area contributed by atoms with Crippen molar-refractivity contribution >= 4 is 16.0 Å². The quantitative estimate of drug-likeness (QED) is 0.303. The molecule has 1 saturated heterocycles. The van der Waals surface area contributed by atoms with Crippen molar-refractivity contribution in [3.05, 3.63) is 95.1 Å². The molecule has 3 aromatic rings. The molecule has 5 atom stereocenters. The smallest absolute Gasteiger partial charge is 0.303 e. The highest BCUT2D eigenvalue weighted by Gasteiger charge is 2.76. The highest BCUT2D eigenvalue weighted by Crippen LogP contribution is 2.67.